The smallest absolute Gasteiger partial charge is 0.118 e. The largest absolute Gasteiger partial charge is 0.497 e. The normalized spacial score (nSPS) is 12.2. The third-order valence-corrected chi connectivity index (χ3v) is 3.54. The van der Waals surface area contributed by atoms with Crippen molar-refractivity contribution >= 4 is 23.2 Å². The zero-order valence-corrected chi connectivity index (χ0v) is 11.2. The summed E-state index contributed by atoms with van der Waals surface area (Å²) >= 11 is 12.0. The molecule has 2 nitrogen and oxygen atoms in total. The molecule has 0 spiro atoms. The molecule has 0 fully saturated rings. The van der Waals surface area contributed by atoms with Crippen LogP contribution >= 0.6 is 23.2 Å². The Morgan fingerprint density at radius 1 is 1.06 bits per heavy atom. The van der Waals surface area contributed by atoms with Crippen LogP contribution in [0, 0.1) is 0 Å². The number of aliphatic hydroxyl groups is 1. The zero-order chi connectivity index (χ0) is 13.1. The molecule has 0 saturated carbocycles. The van der Waals surface area contributed by atoms with Crippen LogP contribution in [-0.4, -0.2) is 12.2 Å². The van der Waals surface area contributed by atoms with Gasteiger partial charge in [0.05, 0.1) is 17.2 Å². The van der Waals surface area contributed by atoms with Crippen LogP contribution < -0.4 is 4.74 Å². The van der Waals surface area contributed by atoms with E-state index in [2.05, 4.69) is 0 Å². The van der Waals surface area contributed by atoms with E-state index < -0.39 is 6.10 Å². The van der Waals surface area contributed by atoms with Gasteiger partial charge in [0.1, 0.15) is 11.9 Å². The standard InChI is InChI=1S/C14H12Cl2O2/c1-18-10-7-5-9(6-8-10)14(17)11-3-2-4-12(15)13(11)16/h2-8,14,17H,1H3. The van der Waals surface area contributed by atoms with Gasteiger partial charge in [0.2, 0.25) is 0 Å². The Morgan fingerprint density at radius 2 is 1.72 bits per heavy atom. The van der Waals surface area contributed by atoms with Crippen molar-refractivity contribution in [1.82, 2.24) is 0 Å². The Hall–Kier alpha value is -1.22. The van der Waals surface area contributed by atoms with E-state index in [1.807, 2.05) is 0 Å². The number of hydrogen-bond donors (Lipinski definition) is 1. The highest BCUT2D eigenvalue weighted by atomic mass is 35.5. The van der Waals surface area contributed by atoms with Crippen molar-refractivity contribution in [2.75, 3.05) is 7.11 Å². The molecule has 18 heavy (non-hydrogen) atoms. The first-order valence-electron chi connectivity index (χ1n) is 5.39. The molecule has 0 aromatic heterocycles. The van der Waals surface area contributed by atoms with Gasteiger partial charge in [-0.15, -0.1) is 0 Å². The topological polar surface area (TPSA) is 29.5 Å². The van der Waals surface area contributed by atoms with E-state index in [1.54, 1.807) is 49.6 Å². The van der Waals surface area contributed by atoms with Gasteiger partial charge in [0, 0.05) is 5.56 Å². The first kappa shape index (κ1) is 13.2. The maximum Gasteiger partial charge on any atom is 0.118 e. The first-order valence-corrected chi connectivity index (χ1v) is 6.15. The maximum absolute atomic E-state index is 10.3. The number of rotatable bonds is 3. The van der Waals surface area contributed by atoms with Crippen LogP contribution in [0.3, 0.4) is 0 Å². The first-order chi connectivity index (χ1) is 8.63. The van der Waals surface area contributed by atoms with Crippen LogP contribution in [0.1, 0.15) is 17.2 Å². The SMILES string of the molecule is COc1ccc(C(O)c2cccc(Cl)c2Cl)cc1. The number of methoxy groups -OCH3 is 1. The quantitative estimate of drug-likeness (QED) is 0.919. The fourth-order valence-electron chi connectivity index (χ4n) is 1.70. The Balaban J connectivity index is 2.35. The summed E-state index contributed by atoms with van der Waals surface area (Å²) in [6.45, 7) is 0. The van der Waals surface area contributed by atoms with Gasteiger partial charge in [0.15, 0.2) is 0 Å². The van der Waals surface area contributed by atoms with E-state index in [4.69, 9.17) is 27.9 Å². The molecule has 0 radical (unpaired) electrons. The van der Waals surface area contributed by atoms with Crippen molar-refractivity contribution in [2.45, 2.75) is 6.10 Å². The molecule has 0 heterocycles. The summed E-state index contributed by atoms with van der Waals surface area (Å²) in [4.78, 5) is 0. The monoisotopic (exact) mass is 282 g/mol. The van der Waals surface area contributed by atoms with Gasteiger partial charge in [-0.1, -0.05) is 47.5 Å². The van der Waals surface area contributed by atoms with E-state index >= 15 is 0 Å². The molecule has 0 bridgehead atoms. The summed E-state index contributed by atoms with van der Waals surface area (Å²) < 4.78 is 5.07. The van der Waals surface area contributed by atoms with Crippen molar-refractivity contribution in [3.8, 4) is 5.75 Å². The number of benzene rings is 2. The summed E-state index contributed by atoms with van der Waals surface area (Å²) in [6, 6.07) is 12.4. The Kier molecular flexibility index (Phi) is 4.12. The predicted octanol–water partition coefficient (Wildman–Crippen LogP) is 4.08. The van der Waals surface area contributed by atoms with Crippen LogP contribution in [0.2, 0.25) is 10.0 Å². The van der Waals surface area contributed by atoms with Crippen LogP contribution in [0.25, 0.3) is 0 Å². The van der Waals surface area contributed by atoms with Crippen LogP contribution in [0.15, 0.2) is 42.5 Å². The van der Waals surface area contributed by atoms with E-state index in [-0.39, 0.29) is 0 Å². The summed E-state index contributed by atoms with van der Waals surface area (Å²) in [7, 11) is 1.60. The molecule has 2 rings (SSSR count). The number of halogens is 2. The molecule has 0 aliphatic rings. The van der Waals surface area contributed by atoms with Crippen LogP contribution in [0.5, 0.6) is 5.75 Å². The summed E-state index contributed by atoms with van der Waals surface area (Å²) in [5.41, 5.74) is 1.33. The molecule has 94 valence electrons. The molecule has 4 heteroatoms. The molecular weight excluding hydrogens is 271 g/mol. The summed E-state index contributed by atoms with van der Waals surface area (Å²) in [5.74, 6) is 0.739. The minimum Gasteiger partial charge on any atom is -0.497 e. The van der Waals surface area contributed by atoms with Gasteiger partial charge >= 0.3 is 0 Å². The second kappa shape index (κ2) is 5.61. The molecule has 0 saturated heterocycles. The van der Waals surface area contributed by atoms with Crippen molar-refractivity contribution in [3.63, 3.8) is 0 Å². The lowest BCUT2D eigenvalue weighted by Gasteiger charge is -2.14. The number of aliphatic hydroxyl groups excluding tert-OH is 1. The van der Waals surface area contributed by atoms with Crippen molar-refractivity contribution in [1.29, 1.82) is 0 Å². The third kappa shape index (κ3) is 2.61. The van der Waals surface area contributed by atoms with E-state index in [0.29, 0.717) is 15.6 Å². The molecule has 1 unspecified atom stereocenters. The molecule has 0 amide bonds. The highest BCUT2D eigenvalue weighted by Crippen LogP contribution is 2.33. The summed E-state index contributed by atoms with van der Waals surface area (Å²) in [6.07, 6.45) is -0.804. The molecule has 1 atom stereocenters. The van der Waals surface area contributed by atoms with Gasteiger partial charge in [-0.2, -0.15) is 0 Å². The molecule has 2 aromatic rings. The fraction of sp³-hybridized carbons (Fsp3) is 0.143. The molecule has 0 aliphatic carbocycles. The highest BCUT2D eigenvalue weighted by molar-refractivity contribution is 6.42. The van der Waals surface area contributed by atoms with E-state index in [9.17, 15) is 5.11 Å². The molecule has 2 aromatic carbocycles. The van der Waals surface area contributed by atoms with Gasteiger partial charge in [0.25, 0.3) is 0 Å². The number of ether oxygens (including phenoxy) is 1. The third-order valence-electron chi connectivity index (χ3n) is 2.71. The summed E-state index contributed by atoms with van der Waals surface area (Å²) in [5, 5.41) is 11.1. The Bertz CT molecular complexity index is 538. The lowest BCUT2D eigenvalue weighted by atomic mass is 10.0. The zero-order valence-electron chi connectivity index (χ0n) is 9.73. The van der Waals surface area contributed by atoms with Crippen molar-refractivity contribution < 1.29 is 9.84 Å². The van der Waals surface area contributed by atoms with Gasteiger partial charge in [-0.25, -0.2) is 0 Å². The lowest BCUT2D eigenvalue weighted by molar-refractivity contribution is 0.220. The molecular formula is C14H12Cl2O2. The fourth-order valence-corrected chi connectivity index (χ4v) is 2.11. The van der Waals surface area contributed by atoms with Crippen molar-refractivity contribution in [3.05, 3.63) is 63.6 Å². The minimum atomic E-state index is -0.804. The van der Waals surface area contributed by atoms with Crippen molar-refractivity contribution in [2.24, 2.45) is 0 Å². The Labute approximate surface area is 116 Å². The van der Waals surface area contributed by atoms with Gasteiger partial charge < -0.3 is 9.84 Å². The minimum absolute atomic E-state index is 0.377. The lowest BCUT2D eigenvalue weighted by Crippen LogP contribution is -2.00. The average molecular weight is 283 g/mol. The second-order valence-corrected chi connectivity index (χ2v) is 4.60. The van der Waals surface area contributed by atoms with E-state index in [1.165, 1.54) is 0 Å². The Morgan fingerprint density at radius 3 is 2.33 bits per heavy atom. The van der Waals surface area contributed by atoms with Gasteiger partial charge in [-0.3, -0.25) is 0 Å². The molecule has 1 N–H and O–H groups in total. The highest BCUT2D eigenvalue weighted by Gasteiger charge is 2.15. The number of hydrogen-bond acceptors (Lipinski definition) is 2. The van der Waals surface area contributed by atoms with Crippen LogP contribution in [-0.2, 0) is 0 Å². The van der Waals surface area contributed by atoms with Gasteiger partial charge in [-0.05, 0) is 23.8 Å². The maximum atomic E-state index is 10.3. The average Bonchev–Trinajstić information content (AvgIpc) is 2.41. The van der Waals surface area contributed by atoms with Crippen LogP contribution in [0.4, 0.5) is 0 Å². The second-order valence-electron chi connectivity index (χ2n) is 3.82. The predicted molar refractivity (Wildman–Crippen MR) is 73.5 cm³/mol. The van der Waals surface area contributed by atoms with E-state index in [0.717, 1.165) is 11.3 Å². The molecule has 0 aliphatic heterocycles.